The molecule has 0 bridgehead atoms. The molecule has 0 aliphatic rings. The van der Waals surface area contributed by atoms with E-state index < -0.39 is 5.91 Å². The van der Waals surface area contributed by atoms with E-state index in [-0.39, 0.29) is 0 Å². The Morgan fingerprint density at radius 3 is 2.68 bits per heavy atom. The van der Waals surface area contributed by atoms with Crippen LogP contribution in [0.1, 0.15) is 47.7 Å². The van der Waals surface area contributed by atoms with Gasteiger partial charge >= 0.3 is 0 Å². The van der Waals surface area contributed by atoms with Gasteiger partial charge in [0.05, 0.1) is 17.4 Å². The van der Waals surface area contributed by atoms with E-state index in [0.717, 1.165) is 18.7 Å². The molecule has 3 N–H and O–H groups in total. The highest BCUT2D eigenvalue weighted by atomic mass is 16.1. The number of aryl methyl sites for hydroxylation is 1. The first-order valence-corrected chi connectivity index (χ1v) is 9.17. The number of nitrogens with two attached hydrogens (primary N) is 1. The van der Waals surface area contributed by atoms with Gasteiger partial charge in [-0.1, -0.05) is 37.7 Å². The number of anilines is 2. The van der Waals surface area contributed by atoms with Gasteiger partial charge in [-0.15, -0.1) is 0 Å². The molecule has 2 heterocycles. The van der Waals surface area contributed by atoms with E-state index in [4.69, 9.17) is 5.73 Å². The number of nitrogens with zero attached hydrogens (tertiary/aromatic N) is 4. The molecule has 0 fully saturated rings. The topological polar surface area (TPSA) is 98.7 Å². The molecule has 0 spiro atoms. The summed E-state index contributed by atoms with van der Waals surface area (Å²) in [4.78, 5) is 19.8. The molecule has 0 unspecified atom stereocenters. The lowest BCUT2D eigenvalue weighted by Gasteiger charge is -2.01. The number of nitrogens with one attached hydrogen (secondary N) is 1. The zero-order valence-corrected chi connectivity index (χ0v) is 15.7. The Hall–Kier alpha value is -3.66. The van der Waals surface area contributed by atoms with Crippen LogP contribution >= 0.6 is 0 Å². The number of aromatic nitrogens is 4. The first-order chi connectivity index (χ1) is 13.6. The molecule has 1 aromatic carbocycles. The summed E-state index contributed by atoms with van der Waals surface area (Å²) in [5.74, 6) is 5.97. The normalized spacial score (nSPS) is 10.2. The van der Waals surface area contributed by atoms with Crippen LogP contribution in [0.25, 0.3) is 0 Å². The molecular weight excluding hydrogens is 352 g/mol. The Balaban J connectivity index is 1.61. The average Bonchev–Trinajstić information content (AvgIpc) is 3.15. The Bertz CT molecular complexity index is 997. The van der Waals surface area contributed by atoms with E-state index in [1.165, 1.54) is 12.8 Å². The van der Waals surface area contributed by atoms with Gasteiger partial charge < -0.3 is 11.1 Å². The largest absolute Gasteiger partial charge is 0.366 e. The van der Waals surface area contributed by atoms with Gasteiger partial charge in [-0.2, -0.15) is 5.10 Å². The van der Waals surface area contributed by atoms with Crippen molar-refractivity contribution in [3.8, 4) is 11.8 Å². The van der Waals surface area contributed by atoms with Crippen molar-refractivity contribution >= 4 is 17.5 Å². The predicted molar refractivity (Wildman–Crippen MR) is 108 cm³/mol. The molecule has 0 saturated heterocycles. The summed E-state index contributed by atoms with van der Waals surface area (Å²) in [6, 6.07) is 6.87. The number of amides is 1. The predicted octanol–water partition coefficient (Wildman–Crippen LogP) is 3.11. The number of primary amides is 1. The summed E-state index contributed by atoms with van der Waals surface area (Å²) in [5.41, 5.74) is 7.93. The van der Waals surface area contributed by atoms with E-state index >= 15 is 0 Å². The van der Waals surface area contributed by atoms with Crippen LogP contribution in [0.3, 0.4) is 0 Å². The van der Waals surface area contributed by atoms with Crippen molar-refractivity contribution in [2.45, 2.75) is 32.7 Å². The van der Waals surface area contributed by atoms with Crippen molar-refractivity contribution < 1.29 is 4.79 Å². The van der Waals surface area contributed by atoms with Crippen LogP contribution in [-0.4, -0.2) is 25.7 Å². The van der Waals surface area contributed by atoms with Crippen LogP contribution in [0.15, 0.2) is 49.1 Å². The fraction of sp³-hybridized carbons (Fsp3) is 0.238. The molecule has 0 aliphatic heterocycles. The minimum absolute atomic E-state index is 0.429. The van der Waals surface area contributed by atoms with Crippen molar-refractivity contribution in [1.29, 1.82) is 0 Å². The van der Waals surface area contributed by atoms with Crippen molar-refractivity contribution in [3.05, 3.63) is 65.7 Å². The summed E-state index contributed by atoms with van der Waals surface area (Å²) in [7, 11) is 0. The van der Waals surface area contributed by atoms with Crippen LogP contribution in [-0.2, 0) is 6.54 Å². The lowest BCUT2D eigenvalue weighted by molar-refractivity contribution is 0.1000. The number of rotatable bonds is 7. The second-order valence-corrected chi connectivity index (χ2v) is 6.31. The van der Waals surface area contributed by atoms with Crippen LogP contribution in [0.2, 0.25) is 0 Å². The third-order valence-electron chi connectivity index (χ3n) is 4.03. The van der Waals surface area contributed by atoms with E-state index in [1.807, 2.05) is 16.9 Å². The Kier molecular flexibility index (Phi) is 6.37. The Morgan fingerprint density at radius 1 is 1.14 bits per heavy atom. The third kappa shape index (κ3) is 5.42. The Morgan fingerprint density at radius 2 is 1.93 bits per heavy atom. The molecule has 0 aliphatic carbocycles. The molecule has 7 nitrogen and oxygen atoms in total. The molecule has 7 heteroatoms. The summed E-state index contributed by atoms with van der Waals surface area (Å²) >= 11 is 0. The molecule has 3 rings (SSSR count). The molecule has 0 radical (unpaired) electrons. The maximum atomic E-state index is 11.2. The highest BCUT2D eigenvalue weighted by Gasteiger charge is 2.02. The molecule has 3 aromatic rings. The monoisotopic (exact) mass is 374 g/mol. The SMILES string of the molecule is CCCCCn1cc(Nc2ncc(C#Cc3cccc(C(N)=O)c3)cn2)cn1. The second kappa shape index (κ2) is 9.33. The Labute approximate surface area is 164 Å². The summed E-state index contributed by atoms with van der Waals surface area (Å²) in [6.07, 6.45) is 10.5. The highest BCUT2D eigenvalue weighted by Crippen LogP contribution is 2.12. The summed E-state index contributed by atoms with van der Waals surface area (Å²) in [6.45, 7) is 3.08. The van der Waals surface area contributed by atoms with Crippen molar-refractivity contribution in [2.24, 2.45) is 5.73 Å². The zero-order chi connectivity index (χ0) is 19.8. The van der Waals surface area contributed by atoms with Crippen molar-refractivity contribution in [2.75, 3.05) is 5.32 Å². The fourth-order valence-corrected chi connectivity index (χ4v) is 2.56. The second-order valence-electron chi connectivity index (χ2n) is 6.31. The first-order valence-electron chi connectivity index (χ1n) is 9.17. The van der Waals surface area contributed by atoms with Gasteiger partial charge in [-0.25, -0.2) is 9.97 Å². The molecule has 0 atom stereocenters. The van der Waals surface area contributed by atoms with Gasteiger partial charge in [0, 0.05) is 36.3 Å². The van der Waals surface area contributed by atoms with E-state index in [9.17, 15) is 4.79 Å². The molecular formula is C21H22N6O. The van der Waals surface area contributed by atoms with Crippen LogP contribution in [0.5, 0.6) is 0 Å². The number of hydrogen-bond donors (Lipinski definition) is 2. The third-order valence-corrected chi connectivity index (χ3v) is 4.03. The number of unbranched alkanes of at least 4 members (excludes halogenated alkanes) is 2. The molecule has 0 saturated carbocycles. The zero-order valence-electron chi connectivity index (χ0n) is 15.7. The van der Waals surface area contributed by atoms with Gasteiger partial charge in [-0.3, -0.25) is 9.48 Å². The van der Waals surface area contributed by atoms with Crippen molar-refractivity contribution in [1.82, 2.24) is 19.7 Å². The fourth-order valence-electron chi connectivity index (χ4n) is 2.56. The van der Waals surface area contributed by atoms with E-state index in [1.54, 1.807) is 36.8 Å². The van der Waals surface area contributed by atoms with Crippen LogP contribution in [0, 0.1) is 11.8 Å². The lowest BCUT2D eigenvalue weighted by atomic mass is 10.1. The molecule has 142 valence electrons. The number of carbonyl (C=O) groups excluding carboxylic acids is 1. The van der Waals surface area contributed by atoms with Gasteiger partial charge in [-0.05, 0) is 24.6 Å². The minimum Gasteiger partial charge on any atom is -0.366 e. The number of benzene rings is 1. The van der Waals surface area contributed by atoms with Crippen molar-refractivity contribution in [3.63, 3.8) is 0 Å². The minimum atomic E-state index is -0.476. The summed E-state index contributed by atoms with van der Waals surface area (Å²) < 4.78 is 1.91. The maximum absolute atomic E-state index is 11.2. The van der Waals surface area contributed by atoms with Crippen LogP contribution < -0.4 is 11.1 Å². The van der Waals surface area contributed by atoms with E-state index in [2.05, 4.69) is 39.1 Å². The standard InChI is InChI=1S/C21H22N6O/c1-2-3-4-10-27-15-19(14-25-27)26-21-23-12-17(13-24-21)9-8-16-6-5-7-18(11-16)20(22)28/h5-7,11-15H,2-4,10H2,1H3,(H2,22,28)(H,23,24,26). The average molecular weight is 374 g/mol. The quantitative estimate of drug-likeness (QED) is 0.489. The molecule has 2 aromatic heterocycles. The smallest absolute Gasteiger partial charge is 0.248 e. The first kappa shape index (κ1) is 19.1. The molecule has 28 heavy (non-hydrogen) atoms. The number of carbonyl (C=O) groups is 1. The number of hydrogen-bond acceptors (Lipinski definition) is 5. The van der Waals surface area contributed by atoms with E-state index in [0.29, 0.717) is 22.6 Å². The van der Waals surface area contributed by atoms with Gasteiger partial charge in [0.1, 0.15) is 0 Å². The van der Waals surface area contributed by atoms with Gasteiger partial charge in [0.25, 0.3) is 0 Å². The van der Waals surface area contributed by atoms with Gasteiger partial charge in [0.2, 0.25) is 11.9 Å². The maximum Gasteiger partial charge on any atom is 0.248 e. The lowest BCUT2D eigenvalue weighted by Crippen LogP contribution is -2.10. The highest BCUT2D eigenvalue weighted by molar-refractivity contribution is 5.93. The molecule has 1 amide bonds. The summed E-state index contributed by atoms with van der Waals surface area (Å²) in [5, 5.41) is 7.46. The van der Waals surface area contributed by atoms with Crippen LogP contribution in [0.4, 0.5) is 11.6 Å². The van der Waals surface area contributed by atoms with Gasteiger partial charge in [0.15, 0.2) is 0 Å².